The summed E-state index contributed by atoms with van der Waals surface area (Å²) >= 11 is 0. The molecule has 2 N–H and O–H groups in total. The van der Waals surface area contributed by atoms with Gasteiger partial charge in [0.05, 0.1) is 0 Å². The van der Waals surface area contributed by atoms with E-state index in [0.29, 0.717) is 17.9 Å². The molecule has 2 rings (SSSR count). The molecule has 1 aliphatic carbocycles. The number of hydrogen-bond donors (Lipinski definition) is 1. The molecule has 0 aromatic carbocycles. The molecule has 1 aliphatic heterocycles. The van der Waals surface area contributed by atoms with Crippen LogP contribution in [0, 0.1) is 11.8 Å². The van der Waals surface area contributed by atoms with Crippen LogP contribution >= 0.6 is 0 Å². The standard InChI is InChI=1S/C16H31N3O/c1-4-19-9-8-15(12(2)11-19)18(3)16(20)13-6-5-7-14(17)10-13/h12-15H,4-11,17H2,1-3H3. The summed E-state index contributed by atoms with van der Waals surface area (Å²) in [6.45, 7) is 7.84. The minimum atomic E-state index is 0.167. The minimum Gasteiger partial charge on any atom is -0.342 e. The van der Waals surface area contributed by atoms with Crippen molar-refractivity contribution in [3.63, 3.8) is 0 Å². The molecule has 0 bridgehead atoms. The quantitative estimate of drug-likeness (QED) is 0.856. The second-order valence-corrected chi connectivity index (χ2v) is 6.80. The minimum absolute atomic E-state index is 0.167. The fourth-order valence-corrected chi connectivity index (χ4v) is 3.99. The molecule has 1 saturated carbocycles. The van der Waals surface area contributed by atoms with Crippen LogP contribution < -0.4 is 5.73 Å². The van der Waals surface area contributed by atoms with E-state index in [1.54, 1.807) is 0 Å². The van der Waals surface area contributed by atoms with Crippen LogP contribution in [0.25, 0.3) is 0 Å². The number of nitrogens with zero attached hydrogens (tertiary/aromatic N) is 2. The van der Waals surface area contributed by atoms with Crippen LogP contribution in [-0.4, -0.2) is 54.5 Å². The summed E-state index contributed by atoms with van der Waals surface area (Å²) in [5.74, 6) is 1.07. The van der Waals surface area contributed by atoms with Crippen LogP contribution in [0.4, 0.5) is 0 Å². The van der Waals surface area contributed by atoms with Crippen molar-refractivity contribution >= 4 is 5.91 Å². The van der Waals surface area contributed by atoms with E-state index in [9.17, 15) is 4.79 Å². The molecule has 1 heterocycles. The smallest absolute Gasteiger partial charge is 0.225 e. The highest BCUT2D eigenvalue weighted by Gasteiger charge is 2.34. The highest BCUT2D eigenvalue weighted by atomic mass is 16.2. The van der Waals surface area contributed by atoms with E-state index in [0.717, 1.165) is 51.7 Å². The highest BCUT2D eigenvalue weighted by Crippen LogP contribution is 2.28. The van der Waals surface area contributed by atoms with Gasteiger partial charge in [0.15, 0.2) is 0 Å². The third-order valence-corrected chi connectivity index (χ3v) is 5.30. The van der Waals surface area contributed by atoms with Gasteiger partial charge in [-0.1, -0.05) is 20.3 Å². The molecule has 0 spiro atoms. The van der Waals surface area contributed by atoms with Crippen LogP contribution in [-0.2, 0) is 4.79 Å². The van der Waals surface area contributed by atoms with Gasteiger partial charge in [-0.05, 0) is 38.1 Å². The summed E-state index contributed by atoms with van der Waals surface area (Å²) in [6.07, 6.45) is 5.20. The van der Waals surface area contributed by atoms with Crippen molar-refractivity contribution in [3.8, 4) is 0 Å². The van der Waals surface area contributed by atoms with Crippen molar-refractivity contribution in [2.75, 3.05) is 26.7 Å². The van der Waals surface area contributed by atoms with Crippen molar-refractivity contribution in [1.82, 2.24) is 9.80 Å². The molecule has 4 unspecified atom stereocenters. The zero-order chi connectivity index (χ0) is 14.7. The van der Waals surface area contributed by atoms with Gasteiger partial charge in [-0.3, -0.25) is 4.79 Å². The normalized spacial score (nSPS) is 35.8. The number of rotatable bonds is 3. The van der Waals surface area contributed by atoms with E-state index >= 15 is 0 Å². The largest absolute Gasteiger partial charge is 0.342 e. The molecule has 4 atom stereocenters. The Morgan fingerprint density at radius 3 is 2.70 bits per heavy atom. The van der Waals surface area contributed by atoms with Gasteiger partial charge in [-0.2, -0.15) is 0 Å². The first-order chi connectivity index (χ1) is 9.52. The predicted molar refractivity (Wildman–Crippen MR) is 82.4 cm³/mol. The van der Waals surface area contributed by atoms with E-state index in [1.807, 2.05) is 11.9 Å². The maximum Gasteiger partial charge on any atom is 0.225 e. The number of carbonyl (C=O) groups is 1. The Morgan fingerprint density at radius 1 is 1.35 bits per heavy atom. The van der Waals surface area contributed by atoms with Crippen LogP contribution in [0.15, 0.2) is 0 Å². The third-order valence-electron chi connectivity index (χ3n) is 5.30. The van der Waals surface area contributed by atoms with E-state index in [4.69, 9.17) is 5.73 Å². The molecular weight excluding hydrogens is 250 g/mol. The van der Waals surface area contributed by atoms with Crippen molar-refractivity contribution in [2.45, 2.75) is 58.0 Å². The number of nitrogens with two attached hydrogens (primary N) is 1. The summed E-state index contributed by atoms with van der Waals surface area (Å²) in [4.78, 5) is 17.2. The summed E-state index contributed by atoms with van der Waals surface area (Å²) in [7, 11) is 2.01. The summed E-state index contributed by atoms with van der Waals surface area (Å²) in [5, 5.41) is 0. The SMILES string of the molecule is CCN1CCC(N(C)C(=O)C2CCCC(N)C2)C(C)C1. The molecule has 0 radical (unpaired) electrons. The van der Waals surface area contributed by atoms with Crippen LogP contribution in [0.3, 0.4) is 0 Å². The maximum absolute atomic E-state index is 12.7. The molecule has 116 valence electrons. The lowest BCUT2D eigenvalue weighted by molar-refractivity contribution is -0.139. The van der Waals surface area contributed by atoms with E-state index in [1.165, 1.54) is 0 Å². The third kappa shape index (κ3) is 3.53. The average molecular weight is 281 g/mol. The molecule has 1 saturated heterocycles. The number of hydrogen-bond acceptors (Lipinski definition) is 3. The van der Waals surface area contributed by atoms with Gasteiger partial charge in [-0.25, -0.2) is 0 Å². The average Bonchev–Trinajstić information content (AvgIpc) is 2.45. The second-order valence-electron chi connectivity index (χ2n) is 6.80. The van der Waals surface area contributed by atoms with Gasteiger partial charge < -0.3 is 15.5 Å². The number of piperidine rings is 1. The zero-order valence-electron chi connectivity index (χ0n) is 13.3. The van der Waals surface area contributed by atoms with Crippen LogP contribution in [0.5, 0.6) is 0 Å². The maximum atomic E-state index is 12.7. The molecule has 2 fully saturated rings. The molecule has 4 nitrogen and oxygen atoms in total. The fraction of sp³-hybridized carbons (Fsp3) is 0.938. The Bertz CT molecular complexity index is 334. The number of carbonyl (C=O) groups excluding carboxylic acids is 1. The van der Waals surface area contributed by atoms with E-state index < -0.39 is 0 Å². The Kier molecular flexibility index (Phi) is 5.44. The highest BCUT2D eigenvalue weighted by molar-refractivity contribution is 5.79. The first kappa shape index (κ1) is 15.8. The molecule has 0 aromatic rings. The predicted octanol–water partition coefficient (Wildman–Crippen LogP) is 1.69. The van der Waals surface area contributed by atoms with Gasteiger partial charge in [0.2, 0.25) is 5.91 Å². The second kappa shape index (κ2) is 6.90. The molecule has 0 aromatic heterocycles. The first-order valence-electron chi connectivity index (χ1n) is 8.27. The Morgan fingerprint density at radius 2 is 2.10 bits per heavy atom. The lowest BCUT2D eigenvalue weighted by atomic mass is 9.84. The van der Waals surface area contributed by atoms with Crippen LogP contribution in [0.2, 0.25) is 0 Å². The van der Waals surface area contributed by atoms with Crippen molar-refractivity contribution in [2.24, 2.45) is 17.6 Å². The number of amides is 1. The molecule has 4 heteroatoms. The van der Waals surface area contributed by atoms with Gasteiger partial charge in [0.25, 0.3) is 0 Å². The van der Waals surface area contributed by atoms with Crippen LogP contribution in [0.1, 0.15) is 46.0 Å². The van der Waals surface area contributed by atoms with Crippen molar-refractivity contribution < 1.29 is 4.79 Å². The Labute approximate surface area is 123 Å². The van der Waals surface area contributed by atoms with Crippen molar-refractivity contribution in [1.29, 1.82) is 0 Å². The monoisotopic (exact) mass is 281 g/mol. The lowest BCUT2D eigenvalue weighted by Crippen LogP contribution is -2.52. The molecule has 1 amide bonds. The van der Waals surface area contributed by atoms with E-state index in [2.05, 4.69) is 18.7 Å². The molecule has 2 aliphatic rings. The topological polar surface area (TPSA) is 49.6 Å². The lowest BCUT2D eigenvalue weighted by Gasteiger charge is -2.42. The van der Waals surface area contributed by atoms with Gasteiger partial charge in [0, 0.05) is 38.1 Å². The summed E-state index contributed by atoms with van der Waals surface area (Å²) in [6, 6.07) is 0.633. The molecule has 20 heavy (non-hydrogen) atoms. The first-order valence-corrected chi connectivity index (χ1v) is 8.27. The van der Waals surface area contributed by atoms with E-state index in [-0.39, 0.29) is 12.0 Å². The Balaban J connectivity index is 1.93. The van der Waals surface area contributed by atoms with Crippen molar-refractivity contribution in [3.05, 3.63) is 0 Å². The Hall–Kier alpha value is -0.610. The number of likely N-dealkylation sites (tertiary alicyclic amines) is 1. The van der Waals surface area contributed by atoms with Gasteiger partial charge in [-0.15, -0.1) is 0 Å². The fourth-order valence-electron chi connectivity index (χ4n) is 3.99. The zero-order valence-corrected chi connectivity index (χ0v) is 13.3. The van der Waals surface area contributed by atoms with Gasteiger partial charge >= 0.3 is 0 Å². The summed E-state index contributed by atoms with van der Waals surface area (Å²) < 4.78 is 0. The summed E-state index contributed by atoms with van der Waals surface area (Å²) in [5.41, 5.74) is 6.03. The molecular formula is C16H31N3O. The van der Waals surface area contributed by atoms with Gasteiger partial charge in [0.1, 0.15) is 0 Å².